The number of hydrogen-bond acceptors (Lipinski definition) is 3. The SMILES string of the molecule is C[C@](N)(CO)c1ncc(Br)cc1Br. The molecule has 0 unspecified atom stereocenters. The third kappa shape index (κ3) is 2.49. The quantitative estimate of drug-likeness (QED) is 0.875. The van der Waals surface area contributed by atoms with E-state index in [2.05, 4.69) is 36.8 Å². The first-order chi connectivity index (χ1) is 5.97. The van der Waals surface area contributed by atoms with Gasteiger partial charge in [-0.3, -0.25) is 4.98 Å². The normalized spacial score (nSPS) is 15.5. The van der Waals surface area contributed by atoms with Crippen LogP contribution in [0.5, 0.6) is 0 Å². The summed E-state index contributed by atoms with van der Waals surface area (Å²) in [5.41, 5.74) is 5.68. The molecule has 0 aliphatic heterocycles. The predicted octanol–water partition coefficient (Wildman–Crippen LogP) is 1.77. The number of nitrogens with two attached hydrogens (primary N) is 1. The van der Waals surface area contributed by atoms with Crippen LogP contribution in [0.1, 0.15) is 12.6 Å². The van der Waals surface area contributed by atoms with Gasteiger partial charge in [-0.2, -0.15) is 0 Å². The zero-order valence-corrected chi connectivity index (χ0v) is 10.3. The number of nitrogens with zero attached hydrogens (tertiary/aromatic N) is 1. The van der Waals surface area contributed by atoms with E-state index in [9.17, 15) is 0 Å². The van der Waals surface area contributed by atoms with Gasteiger partial charge in [-0.05, 0) is 44.8 Å². The molecule has 0 amide bonds. The third-order valence-electron chi connectivity index (χ3n) is 1.68. The number of aromatic nitrogens is 1. The highest BCUT2D eigenvalue weighted by Gasteiger charge is 2.24. The molecule has 0 spiro atoms. The molecular formula is C8H10Br2N2O. The van der Waals surface area contributed by atoms with Crippen LogP contribution in [0.4, 0.5) is 0 Å². The Hall–Kier alpha value is 0.0300. The summed E-state index contributed by atoms with van der Waals surface area (Å²) in [6.45, 7) is 1.59. The lowest BCUT2D eigenvalue weighted by atomic mass is 10.0. The molecule has 3 nitrogen and oxygen atoms in total. The van der Waals surface area contributed by atoms with E-state index in [4.69, 9.17) is 10.8 Å². The van der Waals surface area contributed by atoms with Crippen LogP contribution < -0.4 is 5.73 Å². The predicted molar refractivity (Wildman–Crippen MR) is 58.3 cm³/mol. The summed E-state index contributed by atoms with van der Waals surface area (Å²) in [5.74, 6) is 0. The second kappa shape index (κ2) is 4.04. The Balaban J connectivity index is 3.16. The Morgan fingerprint density at radius 1 is 1.62 bits per heavy atom. The van der Waals surface area contributed by atoms with Crippen molar-refractivity contribution in [2.24, 2.45) is 5.73 Å². The summed E-state index contributed by atoms with van der Waals surface area (Å²) in [5, 5.41) is 9.04. The van der Waals surface area contributed by atoms with Crippen molar-refractivity contribution >= 4 is 31.9 Å². The van der Waals surface area contributed by atoms with E-state index in [1.54, 1.807) is 13.1 Å². The maximum absolute atomic E-state index is 9.04. The Morgan fingerprint density at radius 2 is 2.23 bits per heavy atom. The van der Waals surface area contributed by atoms with Gasteiger partial charge in [0, 0.05) is 15.1 Å². The summed E-state index contributed by atoms with van der Waals surface area (Å²) in [7, 11) is 0. The van der Waals surface area contributed by atoms with E-state index in [0.29, 0.717) is 5.69 Å². The van der Waals surface area contributed by atoms with Gasteiger partial charge in [0.15, 0.2) is 0 Å². The topological polar surface area (TPSA) is 59.1 Å². The summed E-state index contributed by atoms with van der Waals surface area (Å²) < 4.78 is 1.66. The molecule has 5 heteroatoms. The van der Waals surface area contributed by atoms with Crippen molar-refractivity contribution in [1.82, 2.24) is 4.98 Å². The van der Waals surface area contributed by atoms with Crippen molar-refractivity contribution in [3.8, 4) is 0 Å². The highest BCUT2D eigenvalue weighted by molar-refractivity contribution is 9.11. The minimum Gasteiger partial charge on any atom is -0.394 e. The van der Waals surface area contributed by atoms with Gasteiger partial charge in [-0.25, -0.2) is 0 Å². The van der Waals surface area contributed by atoms with E-state index >= 15 is 0 Å². The second-order valence-electron chi connectivity index (χ2n) is 3.06. The number of halogens is 2. The van der Waals surface area contributed by atoms with Gasteiger partial charge in [0.2, 0.25) is 0 Å². The molecule has 1 aromatic rings. The van der Waals surface area contributed by atoms with Crippen molar-refractivity contribution in [2.75, 3.05) is 6.61 Å². The first-order valence-electron chi connectivity index (χ1n) is 3.68. The lowest BCUT2D eigenvalue weighted by molar-refractivity contribution is 0.206. The van der Waals surface area contributed by atoms with Gasteiger partial charge in [0.25, 0.3) is 0 Å². The lowest BCUT2D eigenvalue weighted by Crippen LogP contribution is -2.38. The molecule has 0 aromatic carbocycles. The summed E-state index contributed by atoms with van der Waals surface area (Å²) in [6.07, 6.45) is 1.65. The standard InChI is InChI=1S/C8H10Br2N2O/c1-8(11,4-13)7-6(10)2-5(9)3-12-7/h2-3,13H,4,11H2,1H3/t8-/m0/s1. The van der Waals surface area contributed by atoms with Crippen molar-refractivity contribution in [2.45, 2.75) is 12.5 Å². The average molecular weight is 310 g/mol. The Kier molecular flexibility index (Phi) is 3.45. The van der Waals surface area contributed by atoms with Gasteiger partial charge in [-0.15, -0.1) is 0 Å². The van der Waals surface area contributed by atoms with Gasteiger partial charge < -0.3 is 10.8 Å². The van der Waals surface area contributed by atoms with Crippen LogP contribution in [-0.2, 0) is 5.54 Å². The maximum atomic E-state index is 9.04. The number of rotatable bonds is 2. The van der Waals surface area contributed by atoms with Crippen LogP contribution in [0.2, 0.25) is 0 Å². The first-order valence-corrected chi connectivity index (χ1v) is 5.27. The van der Waals surface area contributed by atoms with Crippen molar-refractivity contribution < 1.29 is 5.11 Å². The highest BCUT2D eigenvalue weighted by atomic mass is 79.9. The largest absolute Gasteiger partial charge is 0.394 e. The first kappa shape index (κ1) is 11.1. The number of pyridine rings is 1. The van der Waals surface area contributed by atoms with Gasteiger partial charge >= 0.3 is 0 Å². The van der Waals surface area contributed by atoms with E-state index in [-0.39, 0.29) is 6.61 Å². The Bertz CT molecular complexity index is 315. The van der Waals surface area contributed by atoms with Crippen LogP contribution in [0.15, 0.2) is 21.2 Å². The van der Waals surface area contributed by atoms with Crippen LogP contribution in [0.3, 0.4) is 0 Å². The number of aliphatic hydroxyl groups excluding tert-OH is 1. The molecule has 3 N–H and O–H groups in total. The molecule has 1 heterocycles. The number of hydrogen-bond donors (Lipinski definition) is 2. The molecule has 1 aromatic heterocycles. The van der Waals surface area contributed by atoms with E-state index in [0.717, 1.165) is 8.95 Å². The fourth-order valence-electron chi connectivity index (χ4n) is 0.910. The zero-order chi connectivity index (χ0) is 10.1. The average Bonchev–Trinajstić information content (AvgIpc) is 2.03. The summed E-state index contributed by atoms with van der Waals surface area (Å²) >= 11 is 6.63. The molecule has 0 radical (unpaired) electrons. The van der Waals surface area contributed by atoms with Crippen molar-refractivity contribution in [3.05, 3.63) is 26.9 Å². The van der Waals surface area contributed by atoms with Crippen LogP contribution >= 0.6 is 31.9 Å². The van der Waals surface area contributed by atoms with Crippen molar-refractivity contribution in [1.29, 1.82) is 0 Å². The number of aliphatic hydroxyl groups is 1. The molecule has 72 valence electrons. The van der Waals surface area contributed by atoms with Crippen LogP contribution in [0, 0.1) is 0 Å². The third-order valence-corrected chi connectivity index (χ3v) is 2.72. The highest BCUT2D eigenvalue weighted by Crippen LogP contribution is 2.26. The molecule has 0 fully saturated rings. The molecule has 0 bridgehead atoms. The molecule has 0 aliphatic rings. The molecule has 0 saturated heterocycles. The molecule has 0 aliphatic carbocycles. The fraction of sp³-hybridized carbons (Fsp3) is 0.375. The lowest BCUT2D eigenvalue weighted by Gasteiger charge is -2.22. The minimum atomic E-state index is -0.806. The zero-order valence-electron chi connectivity index (χ0n) is 7.09. The van der Waals surface area contributed by atoms with E-state index in [1.807, 2.05) is 6.07 Å². The fourth-order valence-corrected chi connectivity index (χ4v) is 2.35. The monoisotopic (exact) mass is 308 g/mol. The molecule has 13 heavy (non-hydrogen) atoms. The van der Waals surface area contributed by atoms with E-state index in [1.165, 1.54) is 0 Å². The van der Waals surface area contributed by atoms with Gasteiger partial charge in [-0.1, -0.05) is 0 Å². The van der Waals surface area contributed by atoms with Gasteiger partial charge in [0.1, 0.15) is 0 Å². The molecule has 1 rings (SSSR count). The summed E-state index contributed by atoms with van der Waals surface area (Å²) in [4.78, 5) is 4.14. The molecule has 0 saturated carbocycles. The second-order valence-corrected chi connectivity index (χ2v) is 4.83. The Labute approximate surface area is 93.6 Å². The van der Waals surface area contributed by atoms with Gasteiger partial charge in [0.05, 0.1) is 17.8 Å². The summed E-state index contributed by atoms with van der Waals surface area (Å²) in [6, 6.07) is 1.85. The van der Waals surface area contributed by atoms with E-state index < -0.39 is 5.54 Å². The minimum absolute atomic E-state index is 0.139. The van der Waals surface area contributed by atoms with Crippen molar-refractivity contribution in [3.63, 3.8) is 0 Å². The van der Waals surface area contributed by atoms with Crippen LogP contribution in [-0.4, -0.2) is 16.7 Å². The van der Waals surface area contributed by atoms with Crippen LogP contribution in [0.25, 0.3) is 0 Å². The Morgan fingerprint density at radius 3 is 2.69 bits per heavy atom. The maximum Gasteiger partial charge on any atom is 0.0800 e. The molecule has 1 atom stereocenters. The molecular weight excluding hydrogens is 300 g/mol. The smallest absolute Gasteiger partial charge is 0.0800 e.